The lowest BCUT2D eigenvalue weighted by molar-refractivity contribution is 0.142. The topological polar surface area (TPSA) is 3.24 Å². The van der Waals surface area contributed by atoms with Crippen molar-refractivity contribution in [3.63, 3.8) is 0 Å². The fourth-order valence-corrected chi connectivity index (χ4v) is 4.47. The Morgan fingerprint density at radius 2 is 1.10 bits per heavy atom. The lowest BCUT2D eigenvalue weighted by Crippen LogP contribution is -2.42. The van der Waals surface area contributed by atoms with Gasteiger partial charge in [-0.25, -0.2) is 0 Å². The van der Waals surface area contributed by atoms with Crippen molar-refractivity contribution in [2.24, 2.45) is 11.8 Å². The lowest BCUT2D eigenvalue weighted by Gasteiger charge is -2.49. The first-order valence-electron chi connectivity index (χ1n) is 7.63. The van der Waals surface area contributed by atoms with E-state index in [2.05, 4.69) is 72.6 Å². The normalized spacial score (nSPS) is 32.6. The van der Waals surface area contributed by atoms with Crippen molar-refractivity contribution in [2.75, 3.05) is 20.1 Å². The van der Waals surface area contributed by atoms with E-state index >= 15 is 0 Å². The molecule has 102 valence electrons. The van der Waals surface area contributed by atoms with Crippen LogP contribution in [0.15, 0.2) is 60.7 Å². The molecule has 1 saturated carbocycles. The standard InChI is InChI=1S/C19H21N/c1-20-12-16-17(13-20)19(15-10-6-3-7-11-15)18(16)14-8-4-2-5-9-14/h2-11,16-19H,12-13H2,1H3. The van der Waals surface area contributed by atoms with Gasteiger partial charge in [-0.05, 0) is 41.8 Å². The molecule has 4 unspecified atom stereocenters. The largest absolute Gasteiger partial charge is 0.306 e. The summed E-state index contributed by atoms with van der Waals surface area (Å²) in [5.41, 5.74) is 3.05. The molecule has 1 nitrogen and oxygen atoms in total. The SMILES string of the molecule is CN1CC2C(C1)C(c1ccccc1)C2c1ccccc1. The van der Waals surface area contributed by atoms with Gasteiger partial charge in [0.1, 0.15) is 0 Å². The number of nitrogens with zero attached hydrogens (tertiary/aromatic N) is 1. The van der Waals surface area contributed by atoms with Gasteiger partial charge in [-0.1, -0.05) is 60.7 Å². The van der Waals surface area contributed by atoms with Crippen molar-refractivity contribution in [1.82, 2.24) is 4.90 Å². The van der Waals surface area contributed by atoms with E-state index in [4.69, 9.17) is 0 Å². The fraction of sp³-hybridized carbons (Fsp3) is 0.368. The van der Waals surface area contributed by atoms with E-state index in [9.17, 15) is 0 Å². The molecule has 2 aliphatic rings. The van der Waals surface area contributed by atoms with Crippen molar-refractivity contribution < 1.29 is 0 Å². The molecule has 2 aromatic rings. The Morgan fingerprint density at radius 1 is 0.700 bits per heavy atom. The minimum absolute atomic E-state index is 0.702. The number of hydrogen-bond acceptors (Lipinski definition) is 1. The van der Waals surface area contributed by atoms with Crippen molar-refractivity contribution in [3.8, 4) is 0 Å². The van der Waals surface area contributed by atoms with E-state index in [1.165, 1.54) is 24.2 Å². The van der Waals surface area contributed by atoms with Crippen molar-refractivity contribution in [1.29, 1.82) is 0 Å². The summed E-state index contributed by atoms with van der Waals surface area (Å²) in [6.07, 6.45) is 0. The minimum Gasteiger partial charge on any atom is -0.306 e. The van der Waals surface area contributed by atoms with Gasteiger partial charge in [-0.2, -0.15) is 0 Å². The van der Waals surface area contributed by atoms with Gasteiger partial charge in [-0.15, -0.1) is 0 Å². The summed E-state index contributed by atoms with van der Waals surface area (Å²) in [6, 6.07) is 22.2. The predicted molar refractivity (Wildman–Crippen MR) is 82.8 cm³/mol. The Morgan fingerprint density at radius 3 is 1.50 bits per heavy atom. The van der Waals surface area contributed by atoms with Crippen LogP contribution in [0.2, 0.25) is 0 Å². The highest BCUT2D eigenvalue weighted by Crippen LogP contribution is 2.60. The Labute approximate surface area is 121 Å². The number of benzene rings is 2. The van der Waals surface area contributed by atoms with Gasteiger partial charge in [-0.3, -0.25) is 0 Å². The molecule has 2 aromatic carbocycles. The maximum Gasteiger partial charge on any atom is 0.00162 e. The molecule has 1 heterocycles. The third kappa shape index (κ3) is 1.81. The van der Waals surface area contributed by atoms with Crippen LogP contribution in [0.5, 0.6) is 0 Å². The zero-order chi connectivity index (χ0) is 13.5. The van der Waals surface area contributed by atoms with Crippen molar-refractivity contribution >= 4 is 0 Å². The van der Waals surface area contributed by atoms with Crippen molar-refractivity contribution in [3.05, 3.63) is 71.8 Å². The van der Waals surface area contributed by atoms with Crippen molar-refractivity contribution in [2.45, 2.75) is 11.8 Å². The molecule has 0 N–H and O–H groups in total. The van der Waals surface area contributed by atoms with E-state index < -0.39 is 0 Å². The van der Waals surface area contributed by atoms with Gasteiger partial charge in [0.15, 0.2) is 0 Å². The first-order valence-corrected chi connectivity index (χ1v) is 7.63. The predicted octanol–water partition coefficient (Wildman–Crippen LogP) is 3.75. The molecule has 4 atom stereocenters. The molecule has 1 aliphatic heterocycles. The zero-order valence-electron chi connectivity index (χ0n) is 11.9. The van der Waals surface area contributed by atoms with Crippen LogP contribution in [-0.4, -0.2) is 25.0 Å². The molecule has 1 aliphatic carbocycles. The second kappa shape index (κ2) is 4.75. The van der Waals surface area contributed by atoms with Gasteiger partial charge in [0.25, 0.3) is 0 Å². The lowest BCUT2D eigenvalue weighted by atomic mass is 9.54. The highest BCUT2D eigenvalue weighted by Gasteiger charge is 2.54. The molecule has 0 amide bonds. The van der Waals surface area contributed by atoms with Crippen LogP contribution < -0.4 is 0 Å². The molecule has 20 heavy (non-hydrogen) atoms. The zero-order valence-corrected chi connectivity index (χ0v) is 11.9. The summed E-state index contributed by atoms with van der Waals surface area (Å²) >= 11 is 0. The molecule has 4 rings (SSSR count). The molecule has 0 bridgehead atoms. The van der Waals surface area contributed by atoms with Gasteiger partial charge in [0.05, 0.1) is 0 Å². The summed E-state index contributed by atoms with van der Waals surface area (Å²) in [6.45, 7) is 2.52. The Bertz CT molecular complexity index is 524. The molecule has 1 heteroatoms. The Kier molecular flexibility index (Phi) is 2.89. The molecule has 0 radical (unpaired) electrons. The maximum atomic E-state index is 2.51. The second-order valence-electron chi connectivity index (χ2n) is 6.42. The molecular weight excluding hydrogens is 242 g/mol. The summed E-state index contributed by atoms with van der Waals surface area (Å²) in [5, 5.41) is 0. The van der Waals surface area contributed by atoms with Crippen LogP contribution in [0, 0.1) is 11.8 Å². The van der Waals surface area contributed by atoms with Crippen LogP contribution in [-0.2, 0) is 0 Å². The summed E-state index contributed by atoms with van der Waals surface area (Å²) < 4.78 is 0. The summed E-state index contributed by atoms with van der Waals surface area (Å²) in [4.78, 5) is 2.51. The Balaban J connectivity index is 1.72. The maximum absolute atomic E-state index is 2.51. The quantitative estimate of drug-likeness (QED) is 0.797. The number of hydrogen-bond donors (Lipinski definition) is 0. The average molecular weight is 263 g/mol. The number of likely N-dealkylation sites (tertiary alicyclic amines) is 1. The second-order valence-corrected chi connectivity index (χ2v) is 6.42. The van der Waals surface area contributed by atoms with Gasteiger partial charge < -0.3 is 4.90 Å². The average Bonchev–Trinajstić information content (AvgIpc) is 2.80. The van der Waals surface area contributed by atoms with Crippen LogP contribution >= 0.6 is 0 Å². The first kappa shape index (κ1) is 12.2. The molecule has 0 spiro atoms. The summed E-state index contributed by atoms with van der Waals surface area (Å²) in [5.74, 6) is 3.09. The van der Waals surface area contributed by atoms with Gasteiger partial charge in [0.2, 0.25) is 0 Å². The van der Waals surface area contributed by atoms with E-state index in [-0.39, 0.29) is 0 Å². The third-order valence-electron chi connectivity index (χ3n) is 5.27. The van der Waals surface area contributed by atoms with E-state index in [0.717, 1.165) is 11.8 Å². The highest BCUT2D eigenvalue weighted by atomic mass is 15.1. The monoisotopic (exact) mass is 263 g/mol. The van der Waals surface area contributed by atoms with E-state index in [1.807, 2.05) is 0 Å². The fourth-order valence-electron chi connectivity index (χ4n) is 4.47. The van der Waals surface area contributed by atoms with Crippen LogP contribution in [0.25, 0.3) is 0 Å². The van der Waals surface area contributed by atoms with Crippen LogP contribution in [0.4, 0.5) is 0 Å². The van der Waals surface area contributed by atoms with Gasteiger partial charge >= 0.3 is 0 Å². The number of rotatable bonds is 2. The third-order valence-corrected chi connectivity index (χ3v) is 5.27. The van der Waals surface area contributed by atoms with Crippen LogP contribution in [0.1, 0.15) is 23.0 Å². The smallest absolute Gasteiger partial charge is 0.00162 e. The molecule has 0 aromatic heterocycles. The summed E-state index contributed by atoms with van der Waals surface area (Å²) in [7, 11) is 2.27. The van der Waals surface area contributed by atoms with Gasteiger partial charge in [0, 0.05) is 13.1 Å². The first-order chi connectivity index (χ1) is 9.84. The molecular formula is C19H21N. The van der Waals surface area contributed by atoms with Crippen LogP contribution in [0.3, 0.4) is 0 Å². The number of fused-ring (bicyclic) bond motifs is 1. The highest BCUT2D eigenvalue weighted by molar-refractivity contribution is 5.36. The van der Waals surface area contributed by atoms with E-state index in [0.29, 0.717) is 11.8 Å². The minimum atomic E-state index is 0.702. The Hall–Kier alpha value is -1.60. The molecule has 2 fully saturated rings. The molecule has 1 saturated heterocycles. The van der Waals surface area contributed by atoms with E-state index in [1.54, 1.807) is 0 Å².